The largest absolute Gasteiger partial charge is 0.313 e. The molecule has 0 saturated carbocycles. The molecule has 0 aliphatic heterocycles. The molecule has 0 saturated heterocycles. The van der Waals surface area contributed by atoms with E-state index in [1.807, 2.05) is 0 Å². The molecule has 0 heterocycles. The second-order valence-electron chi connectivity index (χ2n) is 4.48. The molecule has 1 nitrogen and oxygen atoms in total. The van der Waals surface area contributed by atoms with E-state index in [0.717, 1.165) is 19.4 Å². The zero-order chi connectivity index (χ0) is 11.1. The van der Waals surface area contributed by atoms with Gasteiger partial charge in [-0.15, -0.1) is 0 Å². The normalized spacial score (nSPS) is 13.1. The molecule has 0 aromatic heterocycles. The molecule has 1 atom stereocenters. The van der Waals surface area contributed by atoms with Gasteiger partial charge in [0.15, 0.2) is 0 Å². The summed E-state index contributed by atoms with van der Waals surface area (Å²) < 4.78 is 0. The van der Waals surface area contributed by atoms with E-state index in [1.54, 1.807) is 0 Å². The molecule has 0 aliphatic carbocycles. The van der Waals surface area contributed by atoms with Crippen molar-refractivity contribution in [2.75, 3.05) is 6.54 Å². The lowest BCUT2D eigenvalue weighted by Crippen LogP contribution is -2.33. The van der Waals surface area contributed by atoms with E-state index < -0.39 is 0 Å². The van der Waals surface area contributed by atoms with Gasteiger partial charge in [-0.3, -0.25) is 0 Å². The van der Waals surface area contributed by atoms with Crippen LogP contribution in [-0.4, -0.2) is 12.6 Å². The van der Waals surface area contributed by atoms with Crippen molar-refractivity contribution in [1.82, 2.24) is 5.32 Å². The van der Waals surface area contributed by atoms with Gasteiger partial charge in [-0.05, 0) is 30.9 Å². The molecule has 1 aromatic rings. The van der Waals surface area contributed by atoms with E-state index in [4.69, 9.17) is 0 Å². The van der Waals surface area contributed by atoms with Gasteiger partial charge in [0.05, 0.1) is 0 Å². The van der Waals surface area contributed by atoms with Gasteiger partial charge < -0.3 is 5.32 Å². The van der Waals surface area contributed by atoms with Gasteiger partial charge in [0, 0.05) is 6.04 Å². The Hall–Kier alpha value is -0.820. The van der Waals surface area contributed by atoms with E-state index in [9.17, 15) is 0 Å². The zero-order valence-electron chi connectivity index (χ0n) is 9.87. The molecule has 1 radical (unpaired) electrons. The number of benzene rings is 1. The van der Waals surface area contributed by atoms with Crippen LogP contribution >= 0.6 is 0 Å². The second kappa shape index (κ2) is 6.62. The molecule has 1 heteroatoms. The summed E-state index contributed by atoms with van der Waals surface area (Å²) in [5.74, 6) is 0.704. The summed E-state index contributed by atoms with van der Waals surface area (Å²) in [4.78, 5) is 0. The summed E-state index contributed by atoms with van der Waals surface area (Å²) in [5, 5.41) is 3.55. The van der Waals surface area contributed by atoms with Gasteiger partial charge >= 0.3 is 0 Å². The minimum absolute atomic E-state index is 0.509. The van der Waals surface area contributed by atoms with Crippen LogP contribution in [0.2, 0.25) is 0 Å². The SMILES string of the molecule is [CH2]CC(Cc1ccccc1)NCC(C)C. The van der Waals surface area contributed by atoms with Gasteiger partial charge in [0.1, 0.15) is 0 Å². The molecular weight excluding hydrogens is 182 g/mol. The molecule has 0 bridgehead atoms. The monoisotopic (exact) mass is 204 g/mol. The van der Waals surface area contributed by atoms with Gasteiger partial charge in [-0.25, -0.2) is 0 Å². The van der Waals surface area contributed by atoms with E-state index in [1.165, 1.54) is 5.56 Å². The second-order valence-corrected chi connectivity index (χ2v) is 4.48. The fourth-order valence-electron chi connectivity index (χ4n) is 1.58. The van der Waals surface area contributed by atoms with Crippen LogP contribution in [0.5, 0.6) is 0 Å². The lowest BCUT2D eigenvalue weighted by Gasteiger charge is -2.18. The summed E-state index contributed by atoms with van der Waals surface area (Å²) in [7, 11) is 0. The third-order valence-electron chi connectivity index (χ3n) is 2.49. The Morgan fingerprint density at radius 1 is 1.20 bits per heavy atom. The first kappa shape index (κ1) is 12.3. The number of hydrogen-bond donors (Lipinski definition) is 1. The van der Waals surface area contributed by atoms with E-state index in [-0.39, 0.29) is 0 Å². The summed E-state index contributed by atoms with van der Waals surface area (Å²) in [6.45, 7) is 9.54. The van der Waals surface area contributed by atoms with Crippen molar-refractivity contribution in [3.8, 4) is 0 Å². The van der Waals surface area contributed by atoms with Crippen LogP contribution < -0.4 is 5.32 Å². The Morgan fingerprint density at radius 3 is 2.40 bits per heavy atom. The van der Waals surface area contributed by atoms with Crippen molar-refractivity contribution < 1.29 is 0 Å². The molecular formula is C14H22N. The van der Waals surface area contributed by atoms with Crippen molar-refractivity contribution in [2.45, 2.75) is 32.7 Å². The molecule has 0 amide bonds. The van der Waals surface area contributed by atoms with Crippen molar-refractivity contribution >= 4 is 0 Å². The van der Waals surface area contributed by atoms with Crippen molar-refractivity contribution in [3.63, 3.8) is 0 Å². The smallest absolute Gasteiger partial charge is 0.0108 e. The lowest BCUT2D eigenvalue weighted by molar-refractivity contribution is 0.460. The molecule has 1 unspecified atom stereocenters. The van der Waals surface area contributed by atoms with Gasteiger partial charge in [-0.2, -0.15) is 0 Å². The maximum Gasteiger partial charge on any atom is 0.0108 e. The van der Waals surface area contributed by atoms with Crippen molar-refractivity contribution in [1.29, 1.82) is 0 Å². The Bertz CT molecular complexity index is 253. The molecule has 1 aromatic carbocycles. The molecule has 1 N–H and O–H groups in total. The Morgan fingerprint density at radius 2 is 1.87 bits per heavy atom. The lowest BCUT2D eigenvalue weighted by atomic mass is 10.0. The highest BCUT2D eigenvalue weighted by Gasteiger charge is 2.06. The molecule has 83 valence electrons. The van der Waals surface area contributed by atoms with Gasteiger partial charge in [0.2, 0.25) is 0 Å². The van der Waals surface area contributed by atoms with Gasteiger partial charge in [0.25, 0.3) is 0 Å². The van der Waals surface area contributed by atoms with Crippen LogP contribution in [0.1, 0.15) is 25.8 Å². The topological polar surface area (TPSA) is 12.0 Å². The number of hydrogen-bond acceptors (Lipinski definition) is 1. The standard InChI is InChI=1S/C14H22N/c1-4-14(15-11-12(2)3)10-13-8-6-5-7-9-13/h5-9,12,14-15H,1,4,10-11H2,2-3H3. The first-order valence-electron chi connectivity index (χ1n) is 5.79. The summed E-state index contributed by atoms with van der Waals surface area (Å²) >= 11 is 0. The van der Waals surface area contributed by atoms with Crippen LogP contribution in [0.3, 0.4) is 0 Å². The maximum absolute atomic E-state index is 4.00. The Labute approximate surface area is 93.9 Å². The van der Waals surface area contributed by atoms with Crippen LogP contribution in [0.15, 0.2) is 30.3 Å². The van der Waals surface area contributed by atoms with Crippen molar-refractivity contribution in [2.24, 2.45) is 5.92 Å². The molecule has 0 fully saturated rings. The first-order valence-corrected chi connectivity index (χ1v) is 5.79. The highest BCUT2D eigenvalue weighted by Crippen LogP contribution is 2.05. The summed E-state index contributed by atoms with van der Waals surface area (Å²) in [6, 6.07) is 11.1. The fraction of sp³-hybridized carbons (Fsp3) is 0.500. The summed E-state index contributed by atoms with van der Waals surface area (Å²) in [6.07, 6.45) is 2.03. The minimum Gasteiger partial charge on any atom is -0.313 e. The molecule has 0 spiro atoms. The predicted molar refractivity (Wildman–Crippen MR) is 66.7 cm³/mol. The van der Waals surface area contributed by atoms with E-state index in [0.29, 0.717) is 12.0 Å². The first-order chi connectivity index (χ1) is 7.22. The Kier molecular flexibility index (Phi) is 5.41. The van der Waals surface area contributed by atoms with Crippen molar-refractivity contribution in [3.05, 3.63) is 42.8 Å². The maximum atomic E-state index is 4.00. The number of rotatable bonds is 6. The third-order valence-corrected chi connectivity index (χ3v) is 2.49. The summed E-state index contributed by atoms with van der Waals surface area (Å²) in [5.41, 5.74) is 1.39. The minimum atomic E-state index is 0.509. The van der Waals surface area contributed by atoms with Crippen LogP contribution in [0.4, 0.5) is 0 Å². The average molecular weight is 204 g/mol. The highest BCUT2D eigenvalue weighted by molar-refractivity contribution is 5.15. The van der Waals surface area contributed by atoms with Gasteiger partial charge in [-0.1, -0.05) is 51.1 Å². The molecule has 0 aliphatic rings. The number of nitrogens with one attached hydrogen (secondary N) is 1. The Balaban J connectivity index is 2.40. The van der Waals surface area contributed by atoms with Crippen LogP contribution in [0.25, 0.3) is 0 Å². The molecule has 15 heavy (non-hydrogen) atoms. The zero-order valence-corrected chi connectivity index (χ0v) is 9.87. The van der Waals surface area contributed by atoms with Crippen LogP contribution in [0, 0.1) is 12.8 Å². The predicted octanol–water partition coefficient (Wildman–Crippen LogP) is 3.07. The van der Waals surface area contributed by atoms with E-state index in [2.05, 4.69) is 56.4 Å². The quantitative estimate of drug-likeness (QED) is 0.751. The van der Waals surface area contributed by atoms with E-state index >= 15 is 0 Å². The van der Waals surface area contributed by atoms with Crippen LogP contribution in [-0.2, 0) is 6.42 Å². The third kappa shape index (κ3) is 4.98. The highest BCUT2D eigenvalue weighted by atomic mass is 14.9. The fourth-order valence-corrected chi connectivity index (χ4v) is 1.58. The molecule has 1 rings (SSSR count). The average Bonchev–Trinajstić information content (AvgIpc) is 2.25.